The smallest absolute Gasteiger partial charge is 0.206 e. The van der Waals surface area contributed by atoms with Crippen LogP contribution >= 0.6 is 0 Å². The van der Waals surface area contributed by atoms with E-state index in [1.807, 2.05) is 24.3 Å². The molecule has 0 aliphatic carbocycles. The van der Waals surface area contributed by atoms with Crippen LogP contribution in [0.15, 0.2) is 107 Å². The van der Waals surface area contributed by atoms with Crippen molar-refractivity contribution in [3.8, 4) is 0 Å². The van der Waals surface area contributed by atoms with Gasteiger partial charge in [-0.15, -0.1) is 0 Å². The van der Waals surface area contributed by atoms with E-state index in [0.29, 0.717) is 0 Å². The summed E-state index contributed by atoms with van der Waals surface area (Å²) in [6, 6.07) is 26.9. The molecule has 0 fully saturated rings. The largest absolute Gasteiger partial charge is 0.310 e. The molecule has 0 atom stereocenters. The maximum absolute atomic E-state index is 13.0. The maximum Gasteiger partial charge on any atom is 0.206 e. The van der Waals surface area contributed by atoms with Crippen molar-refractivity contribution in [2.45, 2.75) is 29.1 Å². The minimum Gasteiger partial charge on any atom is -0.310 e. The highest BCUT2D eigenvalue weighted by atomic mass is 32.2. The fourth-order valence-corrected chi connectivity index (χ4v) is 5.62. The summed E-state index contributed by atoms with van der Waals surface area (Å²) in [5, 5.41) is 0. The molecule has 0 saturated heterocycles. The number of sulfone groups is 1. The SMILES string of the molecule is CC1(C)c2ccccc2N(c2ccc(S(=O)(=O)c3ccncc3)cc2)c2ccccc21. The van der Waals surface area contributed by atoms with Crippen LogP contribution in [0.4, 0.5) is 17.1 Å². The molecule has 0 saturated carbocycles. The summed E-state index contributed by atoms with van der Waals surface area (Å²) < 4.78 is 25.9. The molecule has 4 aromatic rings. The van der Waals surface area contributed by atoms with Gasteiger partial charge < -0.3 is 4.90 Å². The van der Waals surface area contributed by atoms with E-state index in [4.69, 9.17) is 0 Å². The zero-order valence-electron chi connectivity index (χ0n) is 17.4. The molecule has 3 aromatic carbocycles. The molecule has 0 N–H and O–H groups in total. The lowest BCUT2D eigenvalue weighted by Crippen LogP contribution is -2.30. The summed E-state index contributed by atoms with van der Waals surface area (Å²) in [4.78, 5) is 6.62. The van der Waals surface area contributed by atoms with E-state index in [1.54, 1.807) is 12.1 Å². The second-order valence-electron chi connectivity index (χ2n) is 8.17. The van der Waals surface area contributed by atoms with Gasteiger partial charge in [0, 0.05) is 23.5 Å². The zero-order valence-corrected chi connectivity index (χ0v) is 18.2. The Balaban J connectivity index is 1.64. The van der Waals surface area contributed by atoms with Gasteiger partial charge in [0.15, 0.2) is 0 Å². The fraction of sp³-hybridized carbons (Fsp3) is 0.115. The van der Waals surface area contributed by atoms with Crippen molar-refractivity contribution in [1.82, 2.24) is 4.98 Å². The molecule has 31 heavy (non-hydrogen) atoms. The van der Waals surface area contributed by atoms with Crippen molar-refractivity contribution in [2.75, 3.05) is 4.90 Å². The highest BCUT2D eigenvalue weighted by molar-refractivity contribution is 7.91. The van der Waals surface area contributed by atoms with Crippen LogP contribution in [0.5, 0.6) is 0 Å². The van der Waals surface area contributed by atoms with Crippen LogP contribution in [0.1, 0.15) is 25.0 Å². The Hall–Kier alpha value is -3.44. The van der Waals surface area contributed by atoms with Crippen LogP contribution in [-0.2, 0) is 15.3 Å². The zero-order chi connectivity index (χ0) is 21.6. The molecule has 2 heterocycles. The highest BCUT2D eigenvalue weighted by Gasteiger charge is 2.36. The van der Waals surface area contributed by atoms with Crippen molar-refractivity contribution in [1.29, 1.82) is 0 Å². The molecule has 0 spiro atoms. The average Bonchev–Trinajstić information content (AvgIpc) is 2.80. The van der Waals surface area contributed by atoms with E-state index in [-0.39, 0.29) is 15.2 Å². The van der Waals surface area contributed by atoms with Crippen molar-refractivity contribution in [2.24, 2.45) is 0 Å². The van der Waals surface area contributed by atoms with Gasteiger partial charge in [-0.05, 0) is 59.7 Å². The van der Waals surface area contributed by atoms with Gasteiger partial charge >= 0.3 is 0 Å². The van der Waals surface area contributed by atoms with Gasteiger partial charge in [0.05, 0.1) is 21.2 Å². The van der Waals surface area contributed by atoms with Crippen LogP contribution in [0.25, 0.3) is 0 Å². The number of benzene rings is 3. The van der Waals surface area contributed by atoms with Gasteiger partial charge in [-0.3, -0.25) is 4.98 Å². The number of rotatable bonds is 3. The molecule has 0 radical (unpaired) electrons. The van der Waals surface area contributed by atoms with Crippen molar-refractivity contribution >= 4 is 26.9 Å². The van der Waals surface area contributed by atoms with Gasteiger partial charge in [0.2, 0.25) is 9.84 Å². The number of nitrogens with zero attached hydrogens (tertiary/aromatic N) is 2. The highest BCUT2D eigenvalue weighted by Crippen LogP contribution is 2.51. The third-order valence-electron chi connectivity index (χ3n) is 6.00. The van der Waals surface area contributed by atoms with Crippen molar-refractivity contribution in [3.05, 3.63) is 108 Å². The molecule has 1 aliphatic heterocycles. The quantitative estimate of drug-likeness (QED) is 0.402. The van der Waals surface area contributed by atoms with E-state index in [2.05, 4.69) is 60.1 Å². The molecule has 5 rings (SSSR count). The second kappa shape index (κ2) is 7.06. The number of pyridine rings is 1. The summed E-state index contributed by atoms with van der Waals surface area (Å²) in [6.07, 6.45) is 2.98. The predicted octanol–water partition coefficient (Wildman–Crippen LogP) is 6.02. The number of hydrogen-bond donors (Lipinski definition) is 0. The Morgan fingerprint density at radius 1 is 0.677 bits per heavy atom. The molecular weight excluding hydrogens is 404 g/mol. The Morgan fingerprint density at radius 2 is 1.16 bits per heavy atom. The minimum atomic E-state index is -3.58. The average molecular weight is 427 g/mol. The molecule has 1 aromatic heterocycles. The first-order valence-electron chi connectivity index (χ1n) is 10.1. The summed E-state index contributed by atoms with van der Waals surface area (Å²) in [5.74, 6) is 0. The fourth-order valence-electron chi connectivity index (χ4n) is 4.38. The van der Waals surface area contributed by atoms with Gasteiger partial charge in [0.25, 0.3) is 0 Å². The van der Waals surface area contributed by atoms with Gasteiger partial charge in [-0.25, -0.2) is 8.42 Å². The van der Waals surface area contributed by atoms with E-state index in [0.717, 1.165) is 17.1 Å². The molecule has 154 valence electrons. The molecule has 4 nitrogen and oxygen atoms in total. The lowest BCUT2D eigenvalue weighted by molar-refractivity contribution is 0.596. The van der Waals surface area contributed by atoms with Crippen LogP contribution in [0.2, 0.25) is 0 Å². The van der Waals surface area contributed by atoms with Crippen molar-refractivity contribution < 1.29 is 8.42 Å². The molecule has 0 unspecified atom stereocenters. The Labute approximate surface area is 182 Å². The lowest BCUT2D eigenvalue weighted by atomic mass is 9.73. The van der Waals surface area contributed by atoms with E-state index in [9.17, 15) is 8.42 Å². The first-order valence-corrected chi connectivity index (χ1v) is 11.6. The van der Waals surface area contributed by atoms with Gasteiger partial charge in [-0.2, -0.15) is 0 Å². The standard InChI is InChI=1S/C26H22N2O2S/c1-26(2)22-7-3-5-9-24(22)28(25-10-6-4-8-23(25)26)19-11-13-20(14-12-19)31(29,30)21-15-17-27-18-16-21/h3-18H,1-2H3. The maximum atomic E-state index is 13.0. The third kappa shape index (κ3) is 3.04. The normalized spacial score (nSPS) is 14.6. The monoisotopic (exact) mass is 426 g/mol. The third-order valence-corrected chi connectivity index (χ3v) is 7.79. The van der Waals surface area contributed by atoms with E-state index in [1.165, 1.54) is 35.7 Å². The van der Waals surface area contributed by atoms with Crippen LogP contribution in [0, 0.1) is 0 Å². The van der Waals surface area contributed by atoms with E-state index < -0.39 is 9.84 Å². The predicted molar refractivity (Wildman–Crippen MR) is 123 cm³/mol. The number of anilines is 3. The first kappa shape index (κ1) is 19.5. The number of para-hydroxylation sites is 2. The molecule has 5 heteroatoms. The Kier molecular flexibility index (Phi) is 4.45. The topological polar surface area (TPSA) is 50.3 Å². The molecule has 0 amide bonds. The Bertz CT molecular complexity index is 1310. The minimum absolute atomic E-state index is 0.131. The number of aromatic nitrogens is 1. The second-order valence-corrected chi connectivity index (χ2v) is 10.1. The first-order chi connectivity index (χ1) is 14.9. The number of hydrogen-bond acceptors (Lipinski definition) is 4. The van der Waals surface area contributed by atoms with Crippen LogP contribution in [-0.4, -0.2) is 13.4 Å². The van der Waals surface area contributed by atoms with Crippen molar-refractivity contribution in [3.63, 3.8) is 0 Å². The summed E-state index contributed by atoms with van der Waals surface area (Å²) in [6.45, 7) is 4.48. The number of fused-ring (bicyclic) bond motifs is 2. The molecule has 0 bridgehead atoms. The van der Waals surface area contributed by atoms with Crippen LogP contribution in [0.3, 0.4) is 0 Å². The summed E-state index contributed by atoms with van der Waals surface area (Å²) >= 11 is 0. The van der Waals surface area contributed by atoms with Crippen LogP contribution < -0.4 is 4.90 Å². The molecule has 1 aliphatic rings. The van der Waals surface area contributed by atoms with Gasteiger partial charge in [-0.1, -0.05) is 50.2 Å². The lowest BCUT2D eigenvalue weighted by Gasteiger charge is -2.42. The Morgan fingerprint density at radius 3 is 1.71 bits per heavy atom. The van der Waals surface area contributed by atoms with Gasteiger partial charge in [0.1, 0.15) is 0 Å². The summed E-state index contributed by atoms with van der Waals surface area (Å²) in [7, 11) is -3.58. The molecular formula is C26H22N2O2S. The summed E-state index contributed by atoms with van der Waals surface area (Å²) in [5.41, 5.74) is 5.48. The van der Waals surface area contributed by atoms with E-state index >= 15 is 0 Å².